The monoisotopic (exact) mass is 1170 g/mol. The molecule has 0 N–H and O–H groups in total. The second kappa shape index (κ2) is 21.0. The molecule has 10 atom stereocenters. The van der Waals surface area contributed by atoms with Gasteiger partial charge in [-0.25, -0.2) is 24.4 Å². The molecule has 8 heterocycles. The molecular weight excluding hydrogens is 1100 g/mol. The molecule has 5 unspecified atom stereocenters. The Hall–Kier alpha value is -4.96. The van der Waals surface area contributed by atoms with Crippen molar-refractivity contribution in [3.05, 3.63) is 70.8 Å². The maximum atomic E-state index is 15.1. The zero-order valence-electron chi connectivity index (χ0n) is 45.7. The number of ether oxygens (including phenoxy) is 2. The van der Waals surface area contributed by atoms with E-state index >= 15 is 4.79 Å². The highest BCUT2D eigenvalue weighted by Crippen LogP contribution is 2.49. The lowest BCUT2D eigenvalue weighted by molar-refractivity contribution is -0.921. The summed E-state index contributed by atoms with van der Waals surface area (Å²) in [6.07, 6.45) is 7.89. The lowest BCUT2D eigenvalue weighted by Crippen LogP contribution is -2.71. The fourth-order valence-electron chi connectivity index (χ4n) is 13.3. The summed E-state index contributed by atoms with van der Waals surface area (Å²) in [7, 11) is 5.01. The molecule has 406 valence electrons. The summed E-state index contributed by atoms with van der Waals surface area (Å²) in [5, 5.41) is 12.6. The molecule has 3 aromatic heterocycles. The summed E-state index contributed by atoms with van der Waals surface area (Å²) in [5.41, 5.74) is 6.39. The first-order valence-corrected chi connectivity index (χ1v) is 29.3. The third kappa shape index (κ3) is 9.33. The highest BCUT2D eigenvalue weighted by Gasteiger charge is 2.63. The highest BCUT2D eigenvalue weighted by atomic mass is 127. The van der Waals surface area contributed by atoms with E-state index in [1.807, 2.05) is 42.9 Å². The van der Waals surface area contributed by atoms with Crippen LogP contribution in [0.25, 0.3) is 33.4 Å². The molecule has 1 aromatic carbocycles. The number of halogens is 1. The van der Waals surface area contributed by atoms with Crippen LogP contribution in [0.15, 0.2) is 59.7 Å². The number of urea groups is 1. The van der Waals surface area contributed by atoms with E-state index < -0.39 is 14.9 Å². The quantitative estimate of drug-likeness (QED) is 0.0173. The number of nitrogens with zero attached hydrogens (tertiary/aromatic N) is 10. The van der Waals surface area contributed by atoms with Crippen LogP contribution in [0.1, 0.15) is 96.0 Å². The van der Waals surface area contributed by atoms with Gasteiger partial charge in [-0.05, 0) is 103 Å². The molecule has 1 saturated carbocycles. The number of methoxy groups -OCH3 is 1. The van der Waals surface area contributed by atoms with Crippen LogP contribution in [0.3, 0.4) is 0 Å². The van der Waals surface area contributed by atoms with Crippen LogP contribution in [0.4, 0.5) is 4.79 Å². The Morgan fingerprint density at radius 1 is 1.12 bits per heavy atom. The first-order valence-electron chi connectivity index (χ1n) is 27.3. The van der Waals surface area contributed by atoms with E-state index in [2.05, 4.69) is 84.2 Å². The Morgan fingerprint density at radius 2 is 1.91 bits per heavy atom. The predicted octanol–water partition coefficient (Wildman–Crippen LogP) is 8.53. The van der Waals surface area contributed by atoms with Crippen molar-refractivity contribution in [2.45, 2.75) is 121 Å². The van der Waals surface area contributed by atoms with Gasteiger partial charge < -0.3 is 23.8 Å². The number of pyridine rings is 1. The lowest BCUT2D eigenvalue weighted by Gasteiger charge is -2.54. The maximum absolute atomic E-state index is 15.1. The number of benzene rings is 1. The zero-order chi connectivity index (χ0) is 54.2. The molecule has 17 nitrogen and oxygen atoms in total. The molecule has 6 aliphatic rings. The van der Waals surface area contributed by atoms with E-state index in [0.29, 0.717) is 56.5 Å². The smallest absolute Gasteiger partial charge is 0.447 e. The number of rotatable bonds is 10. The Kier molecular flexibility index (Phi) is 15.0. The minimum Gasteiger partial charge on any atom is -0.465 e. The summed E-state index contributed by atoms with van der Waals surface area (Å²) >= 11 is 3.63. The number of carbonyl (C=O) groups excluding carboxylic acids is 5. The van der Waals surface area contributed by atoms with Crippen LogP contribution in [-0.4, -0.2) is 162 Å². The summed E-state index contributed by atoms with van der Waals surface area (Å²) in [6, 6.07) is 10.4. The molecule has 76 heavy (non-hydrogen) atoms. The fourth-order valence-corrected chi connectivity index (χ4v) is 14.7. The maximum Gasteiger partial charge on any atom is 0.447 e. The number of cyclic esters (lactones) is 1. The molecule has 4 saturated heterocycles. The van der Waals surface area contributed by atoms with E-state index in [9.17, 15) is 19.2 Å². The Bertz CT molecular complexity index is 3010. The van der Waals surface area contributed by atoms with Gasteiger partial charge in [0, 0.05) is 103 Å². The van der Waals surface area contributed by atoms with Crippen LogP contribution < -0.4 is 0 Å². The number of carbonyl (C=O) groups is 5. The molecular formula is C57H75IN10O7S+2. The third-order valence-corrected chi connectivity index (χ3v) is 21.2. The average molecular weight is 1170 g/mol. The summed E-state index contributed by atoms with van der Waals surface area (Å²) in [6.45, 7) is 19.8. The van der Waals surface area contributed by atoms with Crippen LogP contribution >= 0.6 is 33.9 Å². The number of quaternary nitrogens is 1. The van der Waals surface area contributed by atoms with Crippen molar-refractivity contribution in [2.75, 3.05) is 67.1 Å². The lowest BCUT2D eigenvalue weighted by atomic mass is 9.69. The molecule has 19 heteroatoms. The van der Waals surface area contributed by atoms with Crippen molar-refractivity contribution in [3.8, 4) is 22.5 Å². The SMILES string of the molecule is C=CC(=O)[N+]12CCC1[C@H]1CC[C@H]1N(C(=O)N(C)C(I)(C(=O)/[N+](C)=N\C[C@H]1Cc3nc(cs3)-c3ccc4c(c3)c(c(-c3cccnc3[C@H](C)OC)n4CC)CC(C)(C)COC(=O)[C@@H]3CCCN(C1=O)N1CC31)C(C)C)CC2. The molecule has 0 spiro atoms. The van der Waals surface area contributed by atoms with E-state index in [-0.39, 0.29) is 91.3 Å². The van der Waals surface area contributed by atoms with Crippen LogP contribution in [-0.2, 0) is 48.0 Å². The first-order chi connectivity index (χ1) is 36.3. The molecule has 4 aromatic rings. The van der Waals surface area contributed by atoms with Gasteiger partial charge in [0.2, 0.25) is 9.45 Å². The standard InChI is InChI=1S/C57H75IN10O7S/c1-11-49(69)68-25-21-47(68)38-18-20-44(38)65(24-26-68)55(73)62(8)57(58,34(3)4)54(72)63(9)60-30-37-28-48-61-43(32-76-48)36-17-19-45-41(27-36)42(51(64(45)12-2)40-15-13-22-59-50(40)35(5)74-10)29-56(6,7)33-75-53(71)39-16-14-23-66(52(37)70)67-31-46(39)67/h11,13,15,17,19,22,27,32,34-35,37-39,44,46-47H,1,12,14,16,18,20-21,23-26,28-31,33H2,2-10H3/q+2/b63-60-/t35-,37+,38-,39+,44+,46?,47?,57?,67?,68?/m0/s1. The molecule has 6 bridgehead atoms. The molecule has 1 aliphatic carbocycles. The van der Waals surface area contributed by atoms with E-state index in [4.69, 9.17) is 24.6 Å². The van der Waals surface area contributed by atoms with Gasteiger partial charge in [-0.2, -0.15) is 0 Å². The van der Waals surface area contributed by atoms with Gasteiger partial charge in [0.05, 0.1) is 72.2 Å². The van der Waals surface area contributed by atoms with Crippen molar-refractivity contribution in [1.29, 1.82) is 0 Å². The first kappa shape index (κ1) is 54.4. The normalized spacial score (nSPS) is 28.5. The summed E-state index contributed by atoms with van der Waals surface area (Å²) < 4.78 is 14.9. The number of likely N-dealkylation sites (N-methyl/N-ethyl adjacent to an activating group) is 2. The summed E-state index contributed by atoms with van der Waals surface area (Å²) in [4.78, 5) is 85.9. The third-order valence-electron chi connectivity index (χ3n) is 17.9. The summed E-state index contributed by atoms with van der Waals surface area (Å²) in [5.74, 6) is -1.91. The van der Waals surface area contributed by atoms with Crippen molar-refractivity contribution >= 4 is 74.6 Å². The van der Waals surface area contributed by atoms with E-state index in [1.54, 1.807) is 31.1 Å². The van der Waals surface area contributed by atoms with Crippen LogP contribution in [0.5, 0.6) is 0 Å². The molecule has 5 aliphatic heterocycles. The average Bonchev–Trinajstić information content (AvgIpc) is 4.13. The number of fused-ring (bicyclic) bond motifs is 7. The minimum atomic E-state index is -1.33. The zero-order valence-corrected chi connectivity index (χ0v) is 48.6. The van der Waals surface area contributed by atoms with Crippen molar-refractivity contribution < 1.29 is 42.6 Å². The minimum absolute atomic E-state index is 0.00367. The van der Waals surface area contributed by atoms with Crippen LogP contribution in [0, 0.1) is 29.1 Å². The van der Waals surface area contributed by atoms with E-state index in [0.717, 1.165) is 75.5 Å². The fraction of sp³-hybridized carbons (Fsp3) is 0.596. The van der Waals surface area contributed by atoms with Crippen molar-refractivity contribution in [2.24, 2.45) is 34.2 Å². The van der Waals surface area contributed by atoms with Gasteiger partial charge in [0.15, 0.2) is 7.05 Å². The second-order valence-corrected chi connectivity index (χ2v) is 25.8. The van der Waals surface area contributed by atoms with Gasteiger partial charge in [-0.3, -0.25) is 24.1 Å². The molecule has 0 radical (unpaired) electrons. The van der Waals surface area contributed by atoms with Gasteiger partial charge in [0.1, 0.15) is 19.1 Å². The Balaban J connectivity index is 0.977. The Morgan fingerprint density at radius 3 is 2.59 bits per heavy atom. The number of amides is 5. The molecule has 5 amide bonds. The predicted molar refractivity (Wildman–Crippen MR) is 298 cm³/mol. The second-order valence-electron chi connectivity index (χ2n) is 23.2. The Labute approximate surface area is 464 Å². The number of esters is 1. The molecule has 10 rings (SSSR count). The van der Waals surface area contributed by atoms with Crippen molar-refractivity contribution in [3.63, 3.8) is 0 Å². The van der Waals surface area contributed by atoms with Gasteiger partial charge in [-0.15, -0.1) is 11.3 Å². The number of hydrogen-bond donors (Lipinski definition) is 0. The number of aromatic nitrogens is 3. The highest BCUT2D eigenvalue weighted by molar-refractivity contribution is 14.1. The van der Waals surface area contributed by atoms with E-state index in [1.165, 1.54) is 22.1 Å². The number of hydrogen-bond acceptors (Lipinski definition) is 12. The number of hydrazine groups is 1. The van der Waals surface area contributed by atoms with Gasteiger partial charge in [-0.1, -0.05) is 45.0 Å². The largest absolute Gasteiger partial charge is 0.465 e. The van der Waals surface area contributed by atoms with Crippen molar-refractivity contribution in [1.82, 2.24) is 34.4 Å². The van der Waals surface area contributed by atoms with Crippen LogP contribution in [0.2, 0.25) is 0 Å². The number of alkyl halides is 1. The number of azo groups is 2. The topological polar surface area (TPSA) is 163 Å². The van der Waals surface area contributed by atoms with Gasteiger partial charge >= 0.3 is 23.8 Å². The number of thiazole rings is 1. The molecule has 5 fully saturated rings. The van der Waals surface area contributed by atoms with Gasteiger partial charge in [0.25, 0.3) is 0 Å². The number of aryl methyl sites for hydroxylation is 1.